The van der Waals surface area contributed by atoms with Gasteiger partial charge in [0.15, 0.2) is 0 Å². The molecule has 6 nitrogen and oxygen atoms in total. The molecule has 3 atom stereocenters. The minimum atomic E-state index is -3.61. The molecule has 2 aromatic rings. The van der Waals surface area contributed by atoms with Gasteiger partial charge in [0.2, 0.25) is 15.9 Å². The Balaban J connectivity index is 0.00000210. The van der Waals surface area contributed by atoms with E-state index in [2.05, 4.69) is 5.32 Å². The maximum atomic E-state index is 13.3. The van der Waals surface area contributed by atoms with Gasteiger partial charge in [-0.2, -0.15) is 4.31 Å². The Morgan fingerprint density at radius 2 is 1.81 bits per heavy atom. The van der Waals surface area contributed by atoms with Gasteiger partial charge in [-0.05, 0) is 36.8 Å². The third-order valence-corrected chi connectivity index (χ3v) is 7.58. The van der Waals surface area contributed by atoms with Gasteiger partial charge >= 0.3 is 0 Å². The van der Waals surface area contributed by atoms with Crippen LogP contribution in [0.15, 0.2) is 41.3 Å². The summed E-state index contributed by atoms with van der Waals surface area (Å²) in [7, 11) is -3.61. The summed E-state index contributed by atoms with van der Waals surface area (Å²) < 4.78 is 28.2. The first-order chi connectivity index (χ1) is 12.4. The van der Waals surface area contributed by atoms with Gasteiger partial charge in [0.05, 0.1) is 4.90 Å². The highest BCUT2D eigenvalue weighted by molar-refractivity contribution is 7.89. The second kappa shape index (κ2) is 7.39. The predicted molar refractivity (Wildman–Crippen MR) is 108 cm³/mol. The van der Waals surface area contributed by atoms with E-state index in [-0.39, 0.29) is 35.2 Å². The first-order valence-electron chi connectivity index (χ1n) is 8.93. The Hall–Kier alpha value is -1.67. The van der Waals surface area contributed by atoms with Crippen molar-refractivity contribution in [2.24, 2.45) is 17.6 Å². The van der Waals surface area contributed by atoms with E-state index in [1.807, 2.05) is 18.2 Å². The van der Waals surface area contributed by atoms with E-state index in [0.717, 1.165) is 18.2 Å². The molecule has 1 saturated heterocycles. The van der Waals surface area contributed by atoms with Gasteiger partial charge in [0.1, 0.15) is 0 Å². The molecule has 4 rings (SSSR count). The molecule has 0 radical (unpaired) electrons. The van der Waals surface area contributed by atoms with E-state index in [0.29, 0.717) is 30.1 Å². The zero-order chi connectivity index (χ0) is 18.5. The number of rotatable bonds is 3. The SMILES string of the molecule is CC(=O)Nc1ccc(S(=O)(=O)N2CC3CCC(N)C3C2)c2ccccc12.Cl. The Labute approximate surface area is 165 Å². The van der Waals surface area contributed by atoms with Crippen molar-refractivity contribution in [2.75, 3.05) is 18.4 Å². The number of hydrogen-bond donors (Lipinski definition) is 2. The highest BCUT2D eigenvalue weighted by Crippen LogP contribution is 2.40. The lowest BCUT2D eigenvalue weighted by atomic mass is 9.98. The van der Waals surface area contributed by atoms with Crippen molar-refractivity contribution in [1.29, 1.82) is 0 Å². The number of anilines is 1. The van der Waals surface area contributed by atoms with Crippen LogP contribution in [0.2, 0.25) is 0 Å². The molecule has 1 saturated carbocycles. The van der Waals surface area contributed by atoms with Crippen LogP contribution in [-0.4, -0.2) is 37.8 Å². The number of benzene rings is 2. The van der Waals surface area contributed by atoms with Gasteiger partial charge in [0.25, 0.3) is 0 Å². The summed E-state index contributed by atoms with van der Waals surface area (Å²) in [5, 5.41) is 4.12. The van der Waals surface area contributed by atoms with Crippen molar-refractivity contribution in [3.8, 4) is 0 Å². The quantitative estimate of drug-likeness (QED) is 0.814. The highest BCUT2D eigenvalue weighted by Gasteiger charge is 2.45. The van der Waals surface area contributed by atoms with E-state index in [4.69, 9.17) is 5.73 Å². The zero-order valence-electron chi connectivity index (χ0n) is 15.1. The van der Waals surface area contributed by atoms with Crippen LogP contribution in [0.5, 0.6) is 0 Å². The van der Waals surface area contributed by atoms with Crippen LogP contribution in [0.25, 0.3) is 10.8 Å². The summed E-state index contributed by atoms with van der Waals surface area (Å²) in [5.41, 5.74) is 6.78. The summed E-state index contributed by atoms with van der Waals surface area (Å²) in [4.78, 5) is 11.7. The summed E-state index contributed by atoms with van der Waals surface area (Å²) in [6.07, 6.45) is 1.98. The van der Waals surface area contributed by atoms with Crippen LogP contribution >= 0.6 is 12.4 Å². The van der Waals surface area contributed by atoms with Gasteiger partial charge in [-0.25, -0.2) is 8.42 Å². The molecule has 1 aliphatic heterocycles. The molecular weight excluding hydrogens is 386 g/mol. The Kier molecular flexibility index (Phi) is 5.49. The molecule has 8 heteroatoms. The molecule has 3 N–H and O–H groups in total. The van der Waals surface area contributed by atoms with Crippen molar-refractivity contribution in [1.82, 2.24) is 4.31 Å². The predicted octanol–water partition coefficient (Wildman–Crippen LogP) is 2.58. The Morgan fingerprint density at radius 3 is 2.48 bits per heavy atom. The van der Waals surface area contributed by atoms with E-state index in [1.54, 1.807) is 22.5 Å². The first-order valence-corrected chi connectivity index (χ1v) is 10.4. The van der Waals surface area contributed by atoms with Crippen LogP contribution in [0.1, 0.15) is 19.8 Å². The molecule has 0 bridgehead atoms. The van der Waals surface area contributed by atoms with Gasteiger partial charge < -0.3 is 11.1 Å². The molecule has 1 heterocycles. The maximum Gasteiger partial charge on any atom is 0.243 e. The van der Waals surface area contributed by atoms with Crippen molar-refractivity contribution in [3.05, 3.63) is 36.4 Å². The summed E-state index contributed by atoms with van der Waals surface area (Å²) in [5.74, 6) is 0.437. The third-order valence-electron chi connectivity index (χ3n) is 5.69. The van der Waals surface area contributed by atoms with Crippen molar-refractivity contribution in [3.63, 3.8) is 0 Å². The molecule has 2 aliphatic rings. The normalized spacial score (nSPS) is 25.2. The number of sulfonamides is 1. The number of amides is 1. The van der Waals surface area contributed by atoms with Crippen molar-refractivity contribution in [2.45, 2.75) is 30.7 Å². The number of nitrogens with one attached hydrogen (secondary N) is 1. The maximum absolute atomic E-state index is 13.3. The fourth-order valence-electron chi connectivity index (χ4n) is 4.40. The van der Waals surface area contributed by atoms with Crippen LogP contribution in [-0.2, 0) is 14.8 Å². The van der Waals surface area contributed by atoms with Gasteiger partial charge in [0, 0.05) is 42.5 Å². The molecule has 1 amide bonds. The van der Waals surface area contributed by atoms with Gasteiger partial charge in [-0.3, -0.25) is 4.79 Å². The van der Waals surface area contributed by atoms with Gasteiger partial charge in [-0.15, -0.1) is 12.4 Å². The number of halogens is 1. The Bertz CT molecular complexity index is 979. The lowest BCUT2D eigenvalue weighted by Gasteiger charge is -2.20. The molecule has 0 aromatic heterocycles. The fraction of sp³-hybridized carbons (Fsp3) is 0.421. The lowest BCUT2D eigenvalue weighted by Crippen LogP contribution is -2.33. The number of carbonyl (C=O) groups is 1. The van der Waals surface area contributed by atoms with Crippen LogP contribution in [0, 0.1) is 11.8 Å². The second-order valence-corrected chi connectivity index (χ2v) is 9.23. The number of hydrogen-bond acceptors (Lipinski definition) is 4. The molecule has 0 spiro atoms. The summed E-state index contributed by atoms with van der Waals surface area (Å²) in [6, 6.07) is 10.6. The van der Waals surface area contributed by atoms with Crippen molar-refractivity contribution < 1.29 is 13.2 Å². The molecule has 2 aromatic carbocycles. The van der Waals surface area contributed by atoms with Crippen LogP contribution < -0.4 is 11.1 Å². The van der Waals surface area contributed by atoms with Crippen LogP contribution in [0.4, 0.5) is 5.69 Å². The van der Waals surface area contributed by atoms with E-state index in [9.17, 15) is 13.2 Å². The molecule has 2 fully saturated rings. The molecule has 146 valence electrons. The topological polar surface area (TPSA) is 92.5 Å². The average Bonchev–Trinajstić information content (AvgIpc) is 3.17. The minimum Gasteiger partial charge on any atom is -0.327 e. The minimum absolute atomic E-state index is 0. The second-order valence-electron chi connectivity index (χ2n) is 7.33. The van der Waals surface area contributed by atoms with E-state index in [1.165, 1.54) is 6.92 Å². The third kappa shape index (κ3) is 3.45. The smallest absolute Gasteiger partial charge is 0.243 e. The monoisotopic (exact) mass is 409 g/mol. The molecule has 3 unspecified atom stereocenters. The van der Waals surface area contributed by atoms with Crippen molar-refractivity contribution >= 4 is 44.8 Å². The largest absolute Gasteiger partial charge is 0.327 e. The Morgan fingerprint density at radius 1 is 1.11 bits per heavy atom. The summed E-state index contributed by atoms with van der Waals surface area (Å²) >= 11 is 0. The number of fused-ring (bicyclic) bond motifs is 2. The van der Waals surface area contributed by atoms with Gasteiger partial charge in [-0.1, -0.05) is 24.3 Å². The number of carbonyl (C=O) groups excluding carboxylic acids is 1. The lowest BCUT2D eigenvalue weighted by molar-refractivity contribution is -0.114. The molecular formula is C19H24ClN3O3S. The molecule has 1 aliphatic carbocycles. The zero-order valence-corrected chi connectivity index (χ0v) is 16.7. The number of nitrogens with zero attached hydrogens (tertiary/aromatic N) is 1. The molecule has 27 heavy (non-hydrogen) atoms. The average molecular weight is 410 g/mol. The first kappa shape index (κ1) is 20.1. The summed E-state index contributed by atoms with van der Waals surface area (Å²) in [6.45, 7) is 2.48. The number of nitrogens with two attached hydrogens (primary N) is 1. The fourth-order valence-corrected chi connectivity index (χ4v) is 6.13. The van der Waals surface area contributed by atoms with E-state index < -0.39 is 10.0 Å². The standard InChI is InChI=1S/C19H23N3O3S.ClH/c1-12(23)21-18-8-9-19(15-5-3-2-4-14(15)18)26(24,25)22-10-13-6-7-17(20)16(13)11-22;/h2-5,8-9,13,16-17H,6-7,10-11,20H2,1H3,(H,21,23);1H. The van der Waals surface area contributed by atoms with E-state index >= 15 is 0 Å². The highest BCUT2D eigenvalue weighted by atomic mass is 35.5. The van der Waals surface area contributed by atoms with Crippen LogP contribution in [0.3, 0.4) is 0 Å².